The van der Waals surface area contributed by atoms with Gasteiger partial charge in [-0.1, -0.05) is 47.3 Å². The average molecular weight is 325 g/mol. The maximum Gasteiger partial charge on any atom is 0.323 e. The van der Waals surface area contributed by atoms with Crippen LogP contribution in [0.5, 0.6) is 0 Å². The van der Waals surface area contributed by atoms with E-state index in [1.54, 1.807) is 6.08 Å². The lowest BCUT2D eigenvalue weighted by Gasteiger charge is -2.09. The molecule has 0 bridgehead atoms. The SMILES string of the molecule is CC(C)=CCC/C(C)=C/C=C1\SC(=S)N(CC(=O)O)C1=O. The van der Waals surface area contributed by atoms with Crippen molar-refractivity contribution in [1.29, 1.82) is 0 Å². The maximum absolute atomic E-state index is 12.0. The molecule has 0 atom stereocenters. The van der Waals surface area contributed by atoms with E-state index in [1.807, 2.05) is 13.0 Å². The van der Waals surface area contributed by atoms with Crippen LogP contribution in [0.3, 0.4) is 0 Å². The molecule has 6 heteroatoms. The molecule has 1 heterocycles. The van der Waals surface area contributed by atoms with Crippen molar-refractivity contribution < 1.29 is 14.7 Å². The Morgan fingerprint density at radius 3 is 2.62 bits per heavy atom. The molecule has 21 heavy (non-hydrogen) atoms. The fraction of sp³-hybridized carbons (Fsp3) is 0.400. The molecule has 0 saturated carbocycles. The van der Waals surface area contributed by atoms with Gasteiger partial charge in [0.15, 0.2) is 0 Å². The van der Waals surface area contributed by atoms with Gasteiger partial charge in [0.25, 0.3) is 5.91 Å². The van der Waals surface area contributed by atoms with Crippen molar-refractivity contribution in [2.24, 2.45) is 0 Å². The summed E-state index contributed by atoms with van der Waals surface area (Å²) in [5.41, 5.74) is 2.45. The van der Waals surface area contributed by atoms with Gasteiger partial charge in [-0.05, 0) is 39.7 Å². The van der Waals surface area contributed by atoms with Crippen LogP contribution in [0.25, 0.3) is 0 Å². The van der Waals surface area contributed by atoms with Crippen LogP contribution in [0.15, 0.2) is 34.3 Å². The van der Waals surface area contributed by atoms with Crippen molar-refractivity contribution in [2.75, 3.05) is 6.54 Å². The number of hydrogen-bond donors (Lipinski definition) is 1. The molecular weight excluding hydrogens is 306 g/mol. The first-order valence-corrected chi connectivity index (χ1v) is 7.80. The summed E-state index contributed by atoms with van der Waals surface area (Å²) in [5, 5.41) is 8.76. The van der Waals surface area contributed by atoms with Crippen LogP contribution in [0.1, 0.15) is 33.6 Å². The van der Waals surface area contributed by atoms with Crippen LogP contribution < -0.4 is 0 Å². The summed E-state index contributed by atoms with van der Waals surface area (Å²) < 4.78 is 0.296. The second kappa shape index (κ2) is 8.14. The van der Waals surface area contributed by atoms with Crippen LogP contribution in [0.2, 0.25) is 0 Å². The zero-order valence-electron chi connectivity index (χ0n) is 12.4. The molecule has 1 fully saturated rings. The predicted molar refractivity (Wildman–Crippen MR) is 90.0 cm³/mol. The van der Waals surface area contributed by atoms with Gasteiger partial charge in [0.2, 0.25) is 0 Å². The maximum atomic E-state index is 12.0. The van der Waals surface area contributed by atoms with Gasteiger partial charge in [-0.25, -0.2) is 0 Å². The Balaban J connectivity index is 2.69. The Hall–Kier alpha value is -1.40. The molecule has 1 saturated heterocycles. The molecule has 1 rings (SSSR count). The normalized spacial score (nSPS) is 17.6. The number of aliphatic carboxylic acids is 1. The molecular formula is C15H19NO3S2. The molecule has 0 aromatic rings. The van der Waals surface area contributed by atoms with Crippen molar-refractivity contribution in [3.63, 3.8) is 0 Å². The van der Waals surface area contributed by atoms with Gasteiger partial charge < -0.3 is 5.11 Å². The fourth-order valence-electron chi connectivity index (χ4n) is 1.68. The molecule has 0 aromatic carbocycles. The number of thioether (sulfide) groups is 1. The van der Waals surface area contributed by atoms with Gasteiger partial charge in [-0.3, -0.25) is 14.5 Å². The van der Waals surface area contributed by atoms with E-state index in [0.717, 1.165) is 35.1 Å². The van der Waals surface area contributed by atoms with Crippen LogP contribution in [0, 0.1) is 0 Å². The molecule has 1 aliphatic heterocycles. The molecule has 4 nitrogen and oxygen atoms in total. The van der Waals surface area contributed by atoms with E-state index in [-0.39, 0.29) is 12.5 Å². The minimum atomic E-state index is -1.07. The lowest BCUT2D eigenvalue weighted by atomic mass is 10.1. The summed E-state index contributed by atoms with van der Waals surface area (Å²) in [4.78, 5) is 24.3. The largest absolute Gasteiger partial charge is 0.480 e. The highest BCUT2D eigenvalue weighted by Gasteiger charge is 2.32. The molecule has 0 aromatic heterocycles. The zero-order chi connectivity index (χ0) is 16.0. The van der Waals surface area contributed by atoms with Crippen molar-refractivity contribution >= 4 is 40.2 Å². The van der Waals surface area contributed by atoms with E-state index in [2.05, 4.69) is 19.9 Å². The van der Waals surface area contributed by atoms with E-state index < -0.39 is 5.97 Å². The zero-order valence-corrected chi connectivity index (χ0v) is 14.0. The van der Waals surface area contributed by atoms with Gasteiger partial charge in [0, 0.05) is 0 Å². The number of carbonyl (C=O) groups is 2. The number of rotatable bonds is 6. The second-order valence-corrected chi connectivity index (χ2v) is 6.69. The minimum Gasteiger partial charge on any atom is -0.480 e. The highest BCUT2D eigenvalue weighted by atomic mass is 32.2. The summed E-state index contributed by atoms with van der Waals surface area (Å²) in [7, 11) is 0. The highest BCUT2D eigenvalue weighted by Crippen LogP contribution is 2.30. The Bertz CT molecular complexity index is 543. The Labute approximate surface area is 134 Å². The number of carbonyl (C=O) groups excluding carboxylic acids is 1. The number of carboxylic acid groups (broad SMARTS) is 1. The quantitative estimate of drug-likeness (QED) is 0.460. The van der Waals surface area contributed by atoms with Crippen molar-refractivity contribution in [3.05, 3.63) is 34.3 Å². The lowest BCUT2D eigenvalue weighted by Crippen LogP contribution is -2.33. The molecule has 0 unspecified atom stereocenters. The lowest BCUT2D eigenvalue weighted by molar-refractivity contribution is -0.140. The summed E-state index contributed by atoms with van der Waals surface area (Å²) >= 11 is 6.17. The topological polar surface area (TPSA) is 57.6 Å². The van der Waals surface area contributed by atoms with Gasteiger partial charge in [0.05, 0.1) is 4.91 Å². The average Bonchev–Trinajstić information content (AvgIpc) is 2.63. The van der Waals surface area contributed by atoms with Gasteiger partial charge in [-0.2, -0.15) is 0 Å². The van der Waals surface area contributed by atoms with Crippen LogP contribution in [-0.4, -0.2) is 32.7 Å². The van der Waals surface area contributed by atoms with Crippen LogP contribution >= 0.6 is 24.0 Å². The third-order valence-electron chi connectivity index (χ3n) is 2.78. The van der Waals surface area contributed by atoms with E-state index >= 15 is 0 Å². The molecule has 1 amide bonds. The summed E-state index contributed by atoms with van der Waals surface area (Å²) in [6, 6.07) is 0. The van der Waals surface area contributed by atoms with Gasteiger partial charge in [-0.15, -0.1) is 0 Å². The van der Waals surface area contributed by atoms with E-state index in [1.165, 1.54) is 5.57 Å². The van der Waals surface area contributed by atoms with Crippen molar-refractivity contribution in [3.8, 4) is 0 Å². The fourth-order valence-corrected chi connectivity index (χ4v) is 2.87. The first-order valence-electron chi connectivity index (χ1n) is 6.57. The summed E-state index contributed by atoms with van der Waals surface area (Å²) in [5.74, 6) is -1.40. The minimum absolute atomic E-state index is 0.296. The van der Waals surface area contributed by atoms with Crippen molar-refractivity contribution in [1.82, 2.24) is 4.90 Å². The number of carboxylic acids is 1. The monoisotopic (exact) mass is 325 g/mol. The third kappa shape index (κ3) is 5.85. The van der Waals surface area contributed by atoms with E-state index in [0.29, 0.717) is 9.23 Å². The number of thiocarbonyl (C=S) groups is 1. The second-order valence-electron chi connectivity index (χ2n) is 5.02. The molecule has 1 aliphatic rings. The Morgan fingerprint density at radius 2 is 2.05 bits per heavy atom. The smallest absolute Gasteiger partial charge is 0.323 e. The molecule has 0 aliphatic carbocycles. The first kappa shape index (κ1) is 17.7. The summed E-state index contributed by atoms with van der Waals surface area (Å²) in [6.07, 6.45) is 7.68. The highest BCUT2D eigenvalue weighted by molar-refractivity contribution is 8.26. The number of nitrogens with zero attached hydrogens (tertiary/aromatic N) is 1. The first-order chi connectivity index (χ1) is 9.81. The van der Waals surface area contributed by atoms with Crippen LogP contribution in [0.4, 0.5) is 0 Å². The third-order valence-corrected chi connectivity index (χ3v) is 4.17. The van der Waals surface area contributed by atoms with Gasteiger partial charge >= 0.3 is 5.97 Å². The van der Waals surface area contributed by atoms with Gasteiger partial charge in [0.1, 0.15) is 10.9 Å². The Morgan fingerprint density at radius 1 is 1.38 bits per heavy atom. The predicted octanol–water partition coefficient (Wildman–Crippen LogP) is 3.51. The number of hydrogen-bond acceptors (Lipinski definition) is 4. The number of amides is 1. The molecule has 0 spiro atoms. The molecule has 0 radical (unpaired) electrons. The van der Waals surface area contributed by atoms with Crippen molar-refractivity contribution in [2.45, 2.75) is 33.6 Å². The molecule has 114 valence electrons. The van der Waals surface area contributed by atoms with E-state index in [9.17, 15) is 9.59 Å². The number of allylic oxidation sites excluding steroid dienone is 5. The van der Waals surface area contributed by atoms with E-state index in [4.69, 9.17) is 17.3 Å². The van der Waals surface area contributed by atoms with Crippen LogP contribution in [-0.2, 0) is 9.59 Å². The summed E-state index contributed by atoms with van der Waals surface area (Å²) in [6.45, 7) is 5.75. The molecule has 1 N–H and O–H groups in total. The standard InChI is InChI=1S/C15H19NO3S2/c1-10(2)5-4-6-11(3)7-8-12-14(19)16(9-13(17)18)15(20)21-12/h5,7-8H,4,6,9H2,1-3H3,(H,17,18)/b11-7+,12-8-. The Kier molecular flexibility index (Phi) is 6.84.